The van der Waals surface area contributed by atoms with Crippen LogP contribution in [0.2, 0.25) is 5.02 Å². The molecule has 98 valence electrons. The van der Waals surface area contributed by atoms with Crippen LogP contribution in [0.4, 0.5) is 11.5 Å². The summed E-state index contributed by atoms with van der Waals surface area (Å²) >= 11 is 6.03. The van der Waals surface area contributed by atoms with E-state index in [1.165, 1.54) is 12.3 Å². The van der Waals surface area contributed by atoms with E-state index in [4.69, 9.17) is 16.7 Å². The second-order valence-electron chi connectivity index (χ2n) is 4.23. The zero-order valence-electron chi connectivity index (χ0n) is 10.6. The Morgan fingerprint density at radius 2 is 2.11 bits per heavy atom. The summed E-state index contributed by atoms with van der Waals surface area (Å²) in [6.07, 6.45) is 1.28. The van der Waals surface area contributed by atoms with Crippen molar-refractivity contribution in [3.05, 3.63) is 52.2 Å². The van der Waals surface area contributed by atoms with E-state index in [2.05, 4.69) is 10.3 Å². The number of nitrogens with one attached hydrogen (secondary N) is 1. The highest BCUT2D eigenvalue weighted by molar-refractivity contribution is 6.33. The number of carboxylic acids is 1. The molecule has 0 aliphatic rings. The zero-order chi connectivity index (χ0) is 14.0. The maximum atomic E-state index is 10.8. The molecule has 0 bridgehead atoms. The minimum atomic E-state index is -1.05. The van der Waals surface area contributed by atoms with Crippen LogP contribution in [-0.4, -0.2) is 16.1 Å². The summed E-state index contributed by atoms with van der Waals surface area (Å²) in [7, 11) is 0. The van der Waals surface area contributed by atoms with E-state index in [-0.39, 0.29) is 10.6 Å². The lowest BCUT2D eigenvalue weighted by Crippen LogP contribution is -2.01. The van der Waals surface area contributed by atoms with Crippen LogP contribution in [0, 0.1) is 13.8 Å². The number of aromatic carboxylic acids is 1. The number of rotatable bonds is 3. The number of benzene rings is 1. The van der Waals surface area contributed by atoms with Gasteiger partial charge in [0, 0.05) is 11.9 Å². The third kappa shape index (κ3) is 2.85. The van der Waals surface area contributed by atoms with Crippen LogP contribution < -0.4 is 5.32 Å². The lowest BCUT2D eigenvalue weighted by Gasteiger charge is -2.12. The third-order valence-electron chi connectivity index (χ3n) is 2.95. The van der Waals surface area contributed by atoms with E-state index in [0.717, 1.165) is 16.8 Å². The van der Waals surface area contributed by atoms with Gasteiger partial charge in [-0.05, 0) is 37.1 Å². The molecule has 19 heavy (non-hydrogen) atoms. The molecule has 2 aromatic rings. The van der Waals surface area contributed by atoms with Crippen LogP contribution in [0.3, 0.4) is 0 Å². The van der Waals surface area contributed by atoms with Gasteiger partial charge < -0.3 is 10.4 Å². The maximum absolute atomic E-state index is 10.8. The Morgan fingerprint density at radius 3 is 2.74 bits per heavy atom. The van der Waals surface area contributed by atoms with Gasteiger partial charge in [0.05, 0.1) is 10.6 Å². The molecule has 0 atom stereocenters. The second kappa shape index (κ2) is 5.28. The van der Waals surface area contributed by atoms with E-state index >= 15 is 0 Å². The molecule has 0 radical (unpaired) electrons. The van der Waals surface area contributed by atoms with Gasteiger partial charge in [-0.2, -0.15) is 0 Å². The van der Waals surface area contributed by atoms with E-state index < -0.39 is 5.97 Å². The number of hydrogen-bond donors (Lipinski definition) is 2. The average Bonchev–Trinajstić information content (AvgIpc) is 2.37. The molecule has 2 rings (SSSR count). The van der Waals surface area contributed by atoms with Crippen molar-refractivity contribution in [2.24, 2.45) is 0 Å². The monoisotopic (exact) mass is 276 g/mol. The van der Waals surface area contributed by atoms with E-state index in [9.17, 15) is 4.79 Å². The first-order chi connectivity index (χ1) is 8.99. The summed E-state index contributed by atoms with van der Waals surface area (Å²) in [5.74, 6) is -0.604. The van der Waals surface area contributed by atoms with Crippen LogP contribution in [0.1, 0.15) is 21.5 Å². The van der Waals surface area contributed by atoms with Crippen LogP contribution in [0.15, 0.2) is 30.5 Å². The van der Waals surface area contributed by atoms with Crippen LogP contribution in [0.5, 0.6) is 0 Å². The molecule has 0 unspecified atom stereocenters. The molecule has 0 spiro atoms. The maximum Gasteiger partial charge on any atom is 0.337 e. The van der Waals surface area contributed by atoms with Crippen molar-refractivity contribution in [3.8, 4) is 0 Å². The first kappa shape index (κ1) is 13.4. The number of pyridine rings is 1. The fourth-order valence-electron chi connectivity index (χ4n) is 1.66. The molecule has 0 saturated heterocycles. The Kier molecular flexibility index (Phi) is 3.71. The Hall–Kier alpha value is -2.07. The molecule has 0 saturated carbocycles. The van der Waals surface area contributed by atoms with Crippen molar-refractivity contribution in [2.75, 3.05) is 5.32 Å². The highest BCUT2D eigenvalue weighted by Gasteiger charge is 2.09. The molecule has 5 heteroatoms. The van der Waals surface area contributed by atoms with Crippen LogP contribution >= 0.6 is 11.6 Å². The molecule has 1 aromatic carbocycles. The summed E-state index contributed by atoms with van der Waals surface area (Å²) in [6.45, 7) is 4.01. The standard InChI is InChI=1S/C14H13ClN2O2/c1-8-4-3-5-12(9(8)2)17-13-11(15)6-10(7-16-13)14(18)19/h3-7H,1-2H3,(H,16,17)(H,18,19). The lowest BCUT2D eigenvalue weighted by atomic mass is 10.1. The molecule has 0 aliphatic carbocycles. The van der Waals surface area contributed by atoms with Crippen molar-refractivity contribution in [3.63, 3.8) is 0 Å². The van der Waals surface area contributed by atoms with Gasteiger partial charge in [-0.3, -0.25) is 0 Å². The minimum Gasteiger partial charge on any atom is -0.478 e. The van der Waals surface area contributed by atoms with E-state index in [0.29, 0.717) is 5.82 Å². The number of hydrogen-bond acceptors (Lipinski definition) is 3. The van der Waals surface area contributed by atoms with Crippen molar-refractivity contribution in [2.45, 2.75) is 13.8 Å². The van der Waals surface area contributed by atoms with Gasteiger partial charge in [-0.25, -0.2) is 9.78 Å². The lowest BCUT2D eigenvalue weighted by molar-refractivity contribution is 0.0696. The summed E-state index contributed by atoms with van der Waals surface area (Å²) in [5, 5.41) is 12.2. The van der Waals surface area contributed by atoms with Crippen molar-refractivity contribution in [1.29, 1.82) is 0 Å². The number of halogens is 1. The van der Waals surface area contributed by atoms with Crippen LogP contribution in [-0.2, 0) is 0 Å². The number of aromatic nitrogens is 1. The summed E-state index contributed by atoms with van der Waals surface area (Å²) < 4.78 is 0. The van der Waals surface area contributed by atoms with Crippen molar-refractivity contribution in [1.82, 2.24) is 4.98 Å². The highest BCUT2D eigenvalue weighted by atomic mass is 35.5. The molecule has 0 amide bonds. The van der Waals surface area contributed by atoms with Gasteiger partial charge in [0.25, 0.3) is 0 Å². The Balaban J connectivity index is 2.34. The summed E-state index contributed by atoms with van der Waals surface area (Å²) in [4.78, 5) is 14.8. The first-order valence-corrected chi connectivity index (χ1v) is 6.09. The topological polar surface area (TPSA) is 62.2 Å². The number of aryl methyl sites for hydroxylation is 1. The van der Waals surface area contributed by atoms with Crippen molar-refractivity contribution < 1.29 is 9.90 Å². The molecule has 0 fully saturated rings. The number of carboxylic acid groups (broad SMARTS) is 1. The zero-order valence-corrected chi connectivity index (χ0v) is 11.3. The SMILES string of the molecule is Cc1cccc(Nc2ncc(C(=O)O)cc2Cl)c1C. The molecule has 2 N–H and O–H groups in total. The van der Waals surface area contributed by atoms with E-state index in [1.54, 1.807) is 0 Å². The Labute approximate surface area is 116 Å². The molecule has 1 heterocycles. The van der Waals surface area contributed by atoms with Gasteiger partial charge in [0.2, 0.25) is 0 Å². The van der Waals surface area contributed by atoms with Gasteiger partial charge >= 0.3 is 5.97 Å². The minimum absolute atomic E-state index is 0.0662. The number of nitrogens with zero attached hydrogens (tertiary/aromatic N) is 1. The van der Waals surface area contributed by atoms with Gasteiger partial charge in [-0.1, -0.05) is 23.7 Å². The number of carbonyl (C=O) groups is 1. The molecule has 0 aliphatic heterocycles. The number of anilines is 2. The van der Waals surface area contributed by atoms with Gasteiger partial charge in [0.1, 0.15) is 5.82 Å². The van der Waals surface area contributed by atoms with Crippen LogP contribution in [0.25, 0.3) is 0 Å². The summed E-state index contributed by atoms with van der Waals surface area (Å²) in [6, 6.07) is 7.25. The second-order valence-corrected chi connectivity index (χ2v) is 4.64. The van der Waals surface area contributed by atoms with Gasteiger partial charge in [0.15, 0.2) is 0 Å². The Morgan fingerprint density at radius 1 is 1.37 bits per heavy atom. The normalized spacial score (nSPS) is 10.3. The van der Waals surface area contributed by atoms with E-state index in [1.807, 2.05) is 32.0 Å². The fourth-order valence-corrected chi connectivity index (χ4v) is 1.87. The largest absolute Gasteiger partial charge is 0.478 e. The predicted octanol–water partition coefficient (Wildman–Crippen LogP) is 3.79. The Bertz CT molecular complexity index is 641. The van der Waals surface area contributed by atoms with Crippen molar-refractivity contribution >= 4 is 29.1 Å². The molecule has 1 aromatic heterocycles. The predicted molar refractivity (Wildman–Crippen MR) is 75.4 cm³/mol. The molecular weight excluding hydrogens is 264 g/mol. The smallest absolute Gasteiger partial charge is 0.337 e. The average molecular weight is 277 g/mol. The summed E-state index contributed by atoms with van der Waals surface area (Å²) in [5.41, 5.74) is 3.22. The first-order valence-electron chi connectivity index (χ1n) is 5.71. The van der Waals surface area contributed by atoms with Gasteiger partial charge in [-0.15, -0.1) is 0 Å². The third-order valence-corrected chi connectivity index (χ3v) is 3.23. The highest BCUT2D eigenvalue weighted by Crippen LogP contribution is 2.26. The quantitative estimate of drug-likeness (QED) is 0.895. The fraction of sp³-hybridized carbons (Fsp3) is 0.143. The molecule has 4 nitrogen and oxygen atoms in total. The molecular formula is C14H13ClN2O2.